The van der Waals surface area contributed by atoms with Crippen molar-refractivity contribution >= 4 is 11.6 Å². The molecule has 0 aliphatic carbocycles. The normalized spacial score (nSPS) is 16.0. The number of hydrogen-bond acceptors (Lipinski definition) is 6. The average Bonchev–Trinajstić information content (AvgIpc) is 3.39. The van der Waals surface area contributed by atoms with Gasteiger partial charge in [-0.2, -0.15) is 13.2 Å². The lowest BCUT2D eigenvalue weighted by Crippen LogP contribution is -2.22. The maximum Gasteiger partial charge on any atom is 0.417 e. The van der Waals surface area contributed by atoms with E-state index in [1.165, 1.54) is 24.7 Å². The molecule has 1 aliphatic heterocycles. The molecular weight excluding hydrogens is 411 g/mol. The number of alkyl halides is 3. The Bertz CT molecular complexity index is 1210. The Morgan fingerprint density at radius 3 is 2.52 bits per heavy atom. The van der Waals surface area contributed by atoms with Gasteiger partial charge in [-0.25, -0.2) is 4.98 Å². The van der Waals surface area contributed by atoms with Gasteiger partial charge in [0.25, 0.3) is 0 Å². The van der Waals surface area contributed by atoms with Crippen molar-refractivity contribution in [2.75, 3.05) is 0 Å². The van der Waals surface area contributed by atoms with Crippen LogP contribution >= 0.6 is 11.6 Å². The van der Waals surface area contributed by atoms with Crippen molar-refractivity contribution in [1.29, 1.82) is 0 Å². The van der Waals surface area contributed by atoms with Crippen molar-refractivity contribution < 1.29 is 17.6 Å². The van der Waals surface area contributed by atoms with Crippen LogP contribution in [0.2, 0.25) is 5.02 Å². The smallest absolute Gasteiger partial charge is 0.417 e. The summed E-state index contributed by atoms with van der Waals surface area (Å²) < 4.78 is 48.6. The van der Waals surface area contributed by atoms with Crippen LogP contribution in [-0.2, 0) is 12.7 Å². The highest BCUT2D eigenvalue weighted by atomic mass is 35.5. The van der Waals surface area contributed by atoms with E-state index in [2.05, 4.69) is 25.4 Å². The number of oxazole rings is 1. The molecule has 4 aromatic rings. The molecule has 12 heteroatoms. The molecule has 8 nitrogen and oxygen atoms in total. The van der Waals surface area contributed by atoms with E-state index in [-0.39, 0.29) is 17.4 Å². The number of nitrogens with zero attached hydrogens (tertiary/aromatic N) is 7. The molecule has 1 aliphatic rings. The zero-order valence-electron chi connectivity index (χ0n) is 14.7. The lowest BCUT2D eigenvalue weighted by atomic mass is 10.1. The monoisotopic (exact) mass is 421 g/mol. The van der Waals surface area contributed by atoms with E-state index in [9.17, 15) is 13.2 Å². The predicted octanol–water partition coefficient (Wildman–Crippen LogP) is 4.11. The van der Waals surface area contributed by atoms with Crippen LogP contribution in [0.4, 0.5) is 13.2 Å². The molecule has 0 saturated carbocycles. The zero-order valence-corrected chi connectivity index (χ0v) is 15.5. The quantitative estimate of drug-likeness (QED) is 0.484. The lowest BCUT2D eigenvalue weighted by molar-refractivity contribution is -0.137. The molecule has 0 spiro atoms. The van der Waals surface area contributed by atoms with E-state index < -0.39 is 16.8 Å². The first-order chi connectivity index (χ1) is 13.9. The summed E-state index contributed by atoms with van der Waals surface area (Å²) in [4.78, 5) is 3.88. The summed E-state index contributed by atoms with van der Waals surface area (Å²) in [6.45, 7) is 2.33. The second-order valence-electron chi connectivity index (χ2n) is 6.55. The van der Waals surface area contributed by atoms with Crippen LogP contribution in [0.5, 0.6) is 0 Å². The van der Waals surface area contributed by atoms with Gasteiger partial charge in [0.05, 0.1) is 22.8 Å². The maximum atomic E-state index is 13.3. The van der Waals surface area contributed by atoms with Crippen LogP contribution in [0, 0.1) is 0 Å². The molecule has 148 valence electrons. The van der Waals surface area contributed by atoms with Gasteiger partial charge in [-0.05, 0) is 19.1 Å². The minimum Gasteiger partial charge on any atom is -0.440 e. The molecule has 1 aromatic carbocycles. The fraction of sp³-hybridized carbons (Fsp3) is 0.235. The first-order valence-corrected chi connectivity index (χ1v) is 8.87. The molecule has 3 aromatic heterocycles. The molecule has 5 rings (SSSR count). The minimum atomic E-state index is -4.57. The van der Waals surface area contributed by atoms with Gasteiger partial charge in [-0.15, -0.1) is 20.4 Å². The van der Waals surface area contributed by atoms with Crippen molar-refractivity contribution in [1.82, 2.24) is 34.5 Å². The van der Waals surface area contributed by atoms with Gasteiger partial charge in [0.15, 0.2) is 18.0 Å². The summed E-state index contributed by atoms with van der Waals surface area (Å²) in [6.07, 6.45) is -1.76. The molecule has 0 amide bonds. The Morgan fingerprint density at radius 1 is 1.07 bits per heavy atom. The second-order valence-corrected chi connectivity index (χ2v) is 6.93. The lowest BCUT2D eigenvalue weighted by Gasteiger charge is -2.24. The number of halogens is 4. The highest BCUT2D eigenvalue weighted by Crippen LogP contribution is 2.41. The summed E-state index contributed by atoms with van der Waals surface area (Å²) >= 11 is 6.09. The van der Waals surface area contributed by atoms with E-state index in [0.29, 0.717) is 29.8 Å². The molecule has 4 heterocycles. The Balaban J connectivity index is 1.67. The topological polar surface area (TPSA) is 87.4 Å². The number of rotatable bonds is 2. The molecule has 0 fully saturated rings. The number of hydrogen-bond donors (Lipinski definition) is 0. The van der Waals surface area contributed by atoms with Crippen molar-refractivity contribution in [3.8, 4) is 34.6 Å². The Kier molecular flexibility index (Phi) is 3.78. The van der Waals surface area contributed by atoms with Crippen molar-refractivity contribution in [3.63, 3.8) is 0 Å². The number of aromatic nitrogens is 7. The van der Waals surface area contributed by atoms with Crippen molar-refractivity contribution in [3.05, 3.63) is 41.4 Å². The average molecular weight is 422 g/mol. The maximum absolute atomic E-state index is 13.3. The molecular formula is C17H11ClF3N7O. The van der Waals surface area contributed by atoms with Crippen molar-refractivity contribution in [2.45, 2.75) is 25.7 Å². The van der Waals surface area contributed by atoms with E-state index in [1.807, 2.05) is 11.5 Å². The molecule has 1 atom stereocenters. The van der Waals surface area contributed by atoms with Gasteiger partial charge in [0.1, 0.15) is 0 Å². The van der Waals surface area contributed by atoms with Crippen LogP contribution in [0.3, 0.4) is 0 Å². The number of fused-ring (bicyclic) bond motifs is 3. The van der Waals surface area contributed by atoms with Crippen LogP contribution in [0.15, 0.2) is 35.2 Å². The van der Waals surface area contributed by atoms with E-state index in [4.69, 9.17) is 16.0 Å². The van der Waals surface area contributed by atoms with Gasteiger partial charge >= 0.3 is 6.18 Å². The van der Waals surface area contributed by atoms with E-state index >= 15 is 0 Å². The largest absolute Gasteiger partial charge is 0.440 e. The van der Waals surface area contributed by atoms with Gasteiger partial charge < -0.3 is 4.42 Å². The van der Waals surface area contributed by atoms with Crippen LogP contribution < -0.4 is 0 Å². The van der Waals surface area contributed by atoms with Crippen LogP contribution in [0.1, 0.15) is 18.5 Å². The van der Waals surface area contributed by atoms with Gasteiger partial charge in [-0.1, -0.05) is 17.7 Å². The summed E-state index contributed by atoms with van der Waals surface area (Å²) in [5.74, 6) is 1.98. The first kappa shape index (κ1) is 17.9. The van der Waals surface area contributed by atoms with Crippen LogP contribution in [-0.4, -0.2) is 34.5 Å². The fourth-order valence-corrected chi connectivity index (χ4v) is 3.78. The molecule has 0 radical (unpaired) electrons. The number of benzene rings is 1. The van der Waals surface area contributed by atoms with Crippen molar-refractivity contribution in [2.24, 2.45) is 0 Å². The van der Waals surface area contributed by atoms with E-state index in [0.717, 1.165) is 6.07 Å². The van der Waals surface area contributed by atoms with Gasteiger partial charge in [-0.3, -0.25) is 9.13 Å². The Labute approximate surface area is 166 Å². The Hall–Kier alpha value is -3.21. The summed E-state index contributed by atoms with van der Waals surface area (Å²) in [5, 5.41) is 16.2. The molecule has 29 heavy (non-hydrogen) atoms. The molecule has 0 saturated heterocycles. The predicted molar refractivity (Wildman–Crippen MR) is 94.7 cm³/mol. The standard InChI is InChI=1S/C17H11ClF3N7O/c1-8-6-27-14(11-5-22-7-29-11)24-25-15(27)16-26-23-13(28(8)16)9-3-2-4-10(12(9)18)17(19,20)21/h2-5,7-8H,6H2,1H3/t8-/m0/s1. The van der Waals surface area contributed by atoms with E-state index in [1.54, 1.807) is 4.57 Å². The highest BCUT2D eigenvalue weighted by molar-refractivity contribution is 6.34. The summed E-state index contributed by atoms with van der Waals surface area (Å²) in [5.41, 5.74) is -0.774. The zero-order chi connectivity index (χ0) is 20.3. The Morgan fingerprint density at radius 2 is 1.79 bits per heavy atom. The SMILES string of the molecule is C[C@H]1Cn2c(-c3cnco3)nnc2-c2nnc(-c3cccc(C(F)(F)F)c3Cl)n21. The highest BCUT2D eigenvalue weighted by Gasteiger charge is 2.36. The fourth-order valence-electron chi connectivity index (χ4n) is 3.46. The molecule has 0 unspecified atom stereocenters. The second kappa shape index (κ2) is 6.14. The summed E-state index contributed by atoms with van der Waals surface area (Å²) in [6, 6.07) is 3.51. The first-order valence-electron chi connectivity index (χ1n) is 8.49. The third kappa shape index (κ3) is 2.64. The summed E-state index contributed by atoms with van der Waals surface area (Å²) in [7, 11) is 0. The minimum absolute atomic E-state index is 0.149. The molecule has 0 N–H and O–H groups in total. The van der Waals surface area contributed by atoms with Crippen LogP contribution in [0.25, 0.3) is 34.6 Å². The van der Waals surface area contributed by atoms with Gasteiger partial charge in [0.2, 0.25) is 17.5 Å². The third-order valence-electron chi connectivity index (χ3n) is 4.73. The molecule has 0 bridgehead atoms. The van der Waals surface area contributed by atoms with Gasteiger partial charge in [0, 0.05) is 12.1 Å². The third-order valence-corrected chi connectivity index (χ3v) is 5.14.